The van der Waals surface area contributed by atoms with Crippen LogP contribution in [-0.2, 0) is 22.1 Å². The van der Waals surface area contributed by atoms with Gasteiger partial charge in [0, 0.05) is 40.5 Å². The minimum Gasteiger partial charge on any atom is -0.389 e. The summed E-state index contributed by atoms with van der Waals surface area (Å²) in [5.41, 5.74) is 0.498. The van der Waals surface area contributed by atoms with Crippen LogP contribution in [0, 0.1) is 5.82 Å². The molecule has 0 spiro atoms. The highest BCUT2D eigenvalue weighted by Crippen LogP contribution is 2.15. The zero-order chi connectivity index (χ0) is 15.9. The van der Waals surface area contributed by atoms with Crippen LogP contribution in [0.25, 0.3) is 0 Å². The van der Waals surface area contributed by atoms with Crippen LogP contribution in [0.2, 0.25) is 0 Å². The number of hydrogen-bond donors (Lipinski definition) is 1. The first-order valence-electron chi connectivity index (χ1n) is 7.60. The second kappa shape index (κ2) is 8.72. The zero-order valence-corrected chi connectivity index (χ0v) is 13.7. The molecule has 4 nitrogen and oxygen atoms in total. The van der Waals surface area contributed by atoms with Gasteiger partial charge in [0.05, 0.1) is 19.3 Å². The number of likely N-dealkylation sites (N-methyl/N-ethyl adjacent to an activating group) is 1. The molecule has 0 aromatic heterocycles. The van der Waals surface area contributed by atoms with Crippen molar-refractivity contribution in [1.82, 2.24) is 4.90 Å². The molecule has 1 heterocycles. The van der Waals surface area contributed by atoms with Crippen molar-refractivity contribution in [2.75, 3.05) is 31.7 Å². The van der Waals surface area contributed by atoms with Gasteiger partial charge < -0.3 is 14.7 Å². The van der Waals surface area contributed by atoms with Crippen molar-refractivity contribution >= 4 is 10.8 Å². The Balaban J connectivity index is 1.68. The fourth-order valence-electron chi connectivity index (χ4n) is 2.68. The smallest absolute Gasteiger partial charge is 0.128 e. The molecular formula is C16H24FNO3S. The lowest BCUT2D eigenvalue weighted by molar-refractivity contribution is 0.00623. The number of benzene rings is 1. The van der Waals surface area contributed by atoms with E-state index >= 15 is 0 Å². The molecule has 1 aromatic rings. The standard InChI is InChI=1S/C16H24FNO3S/c1-18(14-6-8-22(20)9-7-14)10-15(19)12-21-11-13-4-2-3-5-16(13)17/h2-5,14-15,19H,6-12H2,1H3. The summed E-state index contributed by atoms with van der Waals surface area (Å²) < 4.78 is 30.2. The minimum absolute atomic E-state index is 0.163. The summed E-state index contributed by atoms with van der Waals surface area (Å²) in [7, 11) is 1.30. The van der Waals surface area contributed by atoms with Crippen molar-refractivity contribution in [2.24, 2.45) is 0 Å². The Morgan fingerprint density at radius 1 is 1.41 bits per heavy atom. The van der Waals surface area contributed by atoms with E-state index in [0.29, 0.717) is 18.2 Å². The molecule has 2 rings (SSSR count). The van der Waals surface area contributed by atoms with Gasteiger partial charge in [0.15, 0.2) is 0 Å². The molecule has 0 saturated carbocycles. The highest BCUT2D eigenvalue weighted by Gasteiger charge is 2.22. The van der Waals surface area contributed by atoms with Crippen LogP contribution in [-0.4, -0.2) is 58.1 Å². The predicted molar refractivity (Wildman–Crippen MR) is 85.6 cm³/mol. The number of aliphatic hydroxyl groups excluding tert-OH is 1. The Hall–Kier alpha value is -0.820. The van der Waals surface area contributed by atoms with Crippen LogP contribution in [0.5, 0.6) is 0 Å². The van der Waals surface area contributed by atoms with E-state index in [2.05, 4.69) is 4.90 Å². The van der Waals surface area contributed by atoms with Gasteiger partial charge in [-0.1, -0.05) is 18.2 Å². The summed E-state index contributed by atoms with van der Waals surface area (Å²) in [5, 5.41) is 10.0. The number of rotatable bonds is 7. The van der Waals surface area contributed by atoms with E-state index in [-0.39, 0.29) is 19.0 Å². The average molecular weight is 329 g/mol. The SMILES string of the molecule is CN(CC(O)COCc1ccccc1F)C1CCS(=O)CC1. The fraction of sp³-hybridized carbons (Fsp3) is 0.625. The first-order valence-corrected chi connectivity index (χ1v) is 9.09. The average Bonchev–Trinajstić information content (AvgIpc) is 2.50. The second-order valence-electron chi connectivity index (χ2n) is 5.78. The molecular weight excluding hydrogens is 305 g/mol. The van der Waals surface area contributed by atoms with Gasteiger partial charge in [-0.3, -0.25) is 4.21 Å². The van der Waals surface area contributed by atoms with Crippen LogP contribution in [0.15, 0.2) is 24.3 Å². The van der Waals surface area contributed by atoms with Gasteiger partial charge in [0.25, 0.3) is 0 Å². The highest BCUT2D eigenvalue weighted by atomic mass is 32.2. The lowest BCUT2D eigenvalue weighted by Crippen LogP contribution is -2.42. The topological polar surface area (TPSA) is 49.8 Å². The van der Waals surface area contributed by atoms with E-state index in [4.69, 9.17) is 4.74 Å². The van der Waals surface area contributed by atoms with E-state index in [1.54, 1.807) is 18.2 Å². The summed E-state index contributed by atoms with van der Waals surface area (Å²) >= 11 is 0. The van der Waals surface area contributed by atoms with Gasteiger partial charge in [0.2, 0.25) is 0 Å². The van der Waals surface area contributed by atoms with Crippen molar-refractivity contribution in [3.63, 3.8) is 0 Å². The van der Waals surface area contributed by atoms with Gasteiger partial charge in [-0.05, 0) is 26.0 Å². The summed E-state index contributed by atoms with van der Waals surface area (Å²) in [4.78, 5) is 2.10. The van der Waals surface area contributed by atoms with E-state index in [9.17, 15) is 13.7 Å². The predicted octanol–water partition coefficient (Wildman–Crippen LogP) is 1.55. The minimum atomic E-state index is -0.668. The van der Waals surface area contributed by atoms with Gasteiger partial charge in [-0.15, -0.1) is 0 Å². The van der Waals surface area contributed by atoms with Gasteiger partial charge in [0.1, 0.15) is 5.82 Å². The largest absolute Gasteiger partial charge is 0.389 e. The normalized spacial score (nSPS) is 23.6. The summed E-state index contributed by atoms with van der Waals surface area (Å²) in [6, 6.07) is 6.85. The van der Waals surface area contributed by atoms with Crippen molar-refractivity contribution in [1.29, 1.82) is 0 Å². The van der Waals surface area contributed by atoms with Crippen LogP contribution in [0.4, 0.5) is 4.39 Å². The number of nitrogens with zero attached hydrogens (tertiary/aromatic N) is 1. The molecule has 1 atom stereocenters. The molecule has 1 aliphatic rings. The van der Waals surface area contributed by atoms with Crippen molar-refractivity contribution < 1.29 is 18.4 Å². The van der Waals surface area contributed by atoms with E-state index in [0.717, 1.165) is 24.3 Å². The molecule has 0 bridgehead atoms. The molecule has 1 saturated heterocycles. The van der Waals surface area contributed by atoms with Crippen LogP contribution in [0.3, 0.4) is 0 Å². The maximum atomic E-state index is 13.4. The quantitative estimate of drug-likeness (QED) is 0.824. The van der Waals surface area contributed by atoms with Gasteiger partial charge >= 0.3 is 0 Å². The zero-order valence-electron chi connectivity index (χ0n) is 12.9. The van der Waals surface area contributed by atoms with Crippen LogP contribution >= 0.6 is 0 Å². The third kappa shape index (κ3) is 5.43. The molecule has 1 unspecified atom stereocenters. The Morgan fingerprint density at radius 2 is 2.09 bits per heavy atom. The molecule has 1 N–H and O–H groups in total. The van der Waals surface area contributed by atoms with Crippen molar-refractivity contribution in [3.8, 4) is 0 Å². The first-order chi connectivity index (χ1) is 10.6. The Morgan fingerprint density at radius 3 is 2.77 bits per heavy atom. The maximum absolute atomic E-state index is 13.4. The van der Waals surface area contributed by atoms with E-state index in [1.165, 1.54) is 6.07 Å². The van der Waals surface area contributed by atoms with Gasteiger partial charge in [-0.2, -0.15) is 0 Å². The fourth-order valence-corrected chi connectivity index (χ4v) is 3.95. The number of aliphatic hydroxyl groups is 1. The third-order valence-corrected chi connectivity index (χ3v) is 5.39. The Kier molecular flexibility index (Phi) is 6.95. The molecule has 1 aliphatic heterocycles. The third-order valence-electron chi connectivity index (χ3n) is 4.01. The molecule has 1 fully saturated rings. The molecule has 124 valence electrons. The van der Waals surface area contributed by atoms with Crippen molar-refractivity contribution in [3.05, 3.63) is 35.6 Å². The molecule has 0 aliphatic carbocycles. The lowest BCUT2D eigenvalue weighted by atomic mass is 10.1. The maximum Gasteiger partial charge on any atom is 0.128 e. The number of hydrogen-bond acceptors (Lipinski definition) is 4. The molecule has 6 heteroatoms. The Bertz CT molecular complexity index is 490. The monoisotopic (exact) mass is 329 g/mol. The second-order valence-corrected chi connectivity index (χ2v) is 7.48. The summed E-state index contributed by atoms with van der Waals surface area (Å²) in [5.74, 6) is 1.20. The summed E-state index contributed by atoms with van der Waals surface area (Å²) in [6.45, 7) is 0.849. The Labute approximate surface area is 133 Å². The van der Waals surface area contributed by atoms with Crippen LogP contribution in [0.1, 0.15) is 18.4 Å². The van der Waals surface area contributed by atoms with E-state index in [1.807, 2.05) is 7.05 Å². The number of ether oxygens (including phenoxy) is 1. The lowest BCUT2D eigenvalue weighted by Gasteiger charge is -2.32. The highest BCUT2D eigenvalue weighted by molar-refractivity contribution is 7.85. The molecule has 0 amide bonds. The van der Waals surface area contributed by atoms with Crippen molar-refractivity contribution in [2.45, 2.75) is 31.6 Å². The number of halogens is 1. The molecule has 0 radical (unpaired) electrons. The summed E-state index contributed by atoms with van der Waals surface area (Å²) in [6.07, 6.45) is 1.21. The first kappa shape index (κ1) is 17.5. The van der Waals surface area contributed by atoms with E-state index < -0.39 is 16.9 Å². The molecule has 1 aromatic carbocycles. The molecule has 22 heavy (non-hydrogen) atoms. The van der Waals surface area contributed by atoms with Gasteiger partial charge in [-0.25, -0.2) is 4.39 Å². The van der Waals surface area contributed by atoms with Crippen LogP contribution < -0.4 is 0 Å².